The van der Waals surface area contributed by atoms with Gasteiger partial charge in [0, 0.05) is 18.5 Å². The van der Waals surface area contributed by atoms with Gasteiger partial charge in [0.1, 0.15) is 6.04 Å². The number of halogens is 1. The van der Waals surface area contributed by atoms with Crippen LogP contribution in [0.5, 0.6) is 0 Å². The van der Waals surface area contributed by atoms with Crippen molar-refractivity contribution in [1.82, 2.24) is 4.90 Å². The van der Waals surface area contributed by atoms with Crippen molar-refractivity contribution in [2.75, 3.05) is 7.05 Å². The van der Waals surface area contributed by atoms with Crippen LogP contribution in [0.3, 0.4) is 0 Å². The fraction of sp³-hybridized carbons (Fsp3) is 0.375. The van der Waals surface area contributed by atoms with Gasteiger partial charge in [-0.25, -0.2) is 4.79 Å². The number of carbonyl (C=O) groups excluding carboxylic acids is 1. The summed E-state index contributed by atoms with van der Waals surface area (Å²) in [5, 5.41) is 9.95. The molecule has 0 saturated heterocycles. The number of allylic oxidation sites excluding steroid dienone is 1. The molecule has 0 fully saturated rings. The molecule has 5 heteroatoms. The van der Waals surface area contributed by atoms with Gasteiger partial charge in [-0.1, -0.05) is 29.8 Å². The lowest BCUT2D eigenvalue weighted by molar-refractivity contribution is -0.149. The fourth-order valence-electron chi connectivity index (χ4n) is 2.01. The Kier molecular flexibility index (Phi) is 6.96. The van der Waals surface area contributed by atoms with E-state index in [1.807, 2.05) is 12.1 Å². The van der Waals surface area contributed by atoms with Crippen LogP contribution < -0.4 is 0 Å². The highest BCUT2D eigenvalue weighted by atomic mass is 35.5. The number of hydrogen-bond acceptors (Lipinski definition) is 2. The van der Waals surface area contributed by atoms with E-state index >= 15 is 0 Å². The molecule has 0 aromatic heterocycles. The zero-order chi connectivity index (χ0) is 15.8. The molecule has 1 atom stereocenters. The van der Waals surface area contributed by atoms with Gasteiger partial charge in [-0.05, 0) is 37.0 Å². The molecule has 1 rings (SSSR count). The maximum absolute atomic E-state index is 11.9. The number of aliphatic carboxylic acids is 1. The van der Waals surface area contributed by atoms with Gasteiger partial charge in [-0.3, -0.25) is 4.79 Å². The summed E-state index contributed by atoms with van der Waals surface area (Å²) < 4.78 is 0. The normalized spacial score (nSPS) is 11.7. The molecule has 1 amide bonds. The first-order valence-electron chi connectivity index (χ1n) is 6.79. The summed E-state index contributed by atoms with van der Waals surface area (Å²) in [6, 6.07) is 6.44. The number of benzene rings is 1. The molecule has 0 saturated carbocycles. The lowest BCUT2D eigenvalue weighted by Crippen LogP contribution is -2.42. The minimum Gasteiger partial charge on any atom is -0.480 e. The zero-order valence-electron chi connectivity index (χ0n) is 12.1. The number of carboxylic acid groups (broad SMARTS) is 1. The van der Waals surface area contributed by atoms with E-state index in [2.05, 4.69) is 6.58 Å². The van der Waals surface area contributed by atoms with Crippen LogP contribution >= 0.6 is 11.6 Å². The monoisotopic (exact) mass is 309 g/mol. The van der Waals surface area contributed by atoms with Crippen molar-refractivity contribution in [3.8, 4) is 0 Å². The summed E-state index contributed by atoms with van der Waals surface area (Å²) in [5.74, 6) is -1.17. The van der Waals surface area contributed by atoms with Gasteiger partial charge in [-0.2, -0.15) is 0 Å². The molecule has 21 heavy (non-hydrogen) atoms. The highest BCUT2D eigenvalue weighted by Crippen LogP contribution is 2.14. The standard InChI is InChI=1S/C16H20ClNO3/c1-3-4-5-15(19)18(2)14(16(20)21)11-8-12-6-9-13(17)10-7-12/h3,6-7,9-10,14H,1,4-5,8,11H2,2H3,(H,20,21). The van der Waals surface area contributed by atoms with Gasteiger partial charge in [0.05, 0.1) is 0 Å². The lowest BCUT2D eigenvalue weighted by atomic mass is 10.0. The summed E-state index contributed by atoms with van der Waals surface area (Å²) in [5.41, 5.74) is 0.998. The number of hydrogen-bond donors (Lipinski definition) is 1. The van der Waals surface area contributed by atoms with E-state index in [0.29, 0.717) is 24.3 Å². The molecule has 114 valence electrons. The van der Waals surface area contributed by atoms with Crippen LogP contribution in [0.25, 0.3) is 0 Å². The highest BCUT2D eigenvalue weighted by Gasteiger charge is 2.25. The third-order valence-corrected chi connectivity index (χ3v) is 3.58. The minimum absolute atomic E-state index is 0.182. The van der Waals surface area contributed by atoms with Crippen molar-refractivity contribution in [3.05, 3.63) is 47.5 Å². The van der Waals surface area contributed by atoms with E-state index in [-0.39, 0.29) is 12.3 Å². The van der Waals surface area contributed by atoms with Gasteiger partial charge in [-0.15, -0.1) is 6.58 Å². The van der Waals surface area contributed by atoms with E-state index < -0.39 is 12.0 Å². The van der Waals surface area contributed by atoms with E-state index in [4.69, 9.17) is 11.6 Å². The van der Waals surface area contributed by atoms with E-state index in [0.717, 1.165) is 5.56 Å². The van der Waals surface area contributed by atoms with E-state index in [9.17, 15) is 14.7 Å². The summed E-state index contributed by atoms with van der Waals surface area (Å²) in [6.45, 7) is 3.56. The maximum Gasteiger partial charge on any atom is 0.326 e. The van der Waals surface area contributed by atoms with Crippen LogP contribution in [0.15, 0.2) is 36.9 Å². The maximum atomic E-state index is 11.9. The molecule has 0 spiro atoms. The molecule has 1 N–H and O–H groups in total. The van der Waals surface area contributed by atoms with Gasteiger partial charge in [0.2, 0.25) is 5.91 Å². The first kappa shape index (κ1) is 17.2. The molecule has 0 aliphatic rings. The largest absolute Gasteiger partial charge is 0.480 e. The Morgan fingerprint density at radius 2 is 2.00 bits per heavy atom. The smallest absolute Gasteiger partial charge is 0.326 e. The molecule has 0 heterocycles. The number of rotatable bonds is 8. The average Bonchev–Trinajstić information content (AvgIpc) is 2.46. The Balaban J connectivity index is 2.64. The Morgan fingerprint density at radius 3 is 2.52 bits per heavy atom. The quantitative estimate of drug-likeness (QED) is 0.750. The van der Waals surface area contributed by atoms with Crippen molar-refractivity contribution in [3.63, 3.8) is 0 Å². The molecule has 4 nitrogen and oxygen atoms in total. The summed E-state index contributed by atoms with van der Waals surface area (Å²) in [4.78, 5) is 24.6. The van der Waals surface area contributed by atoms with Crippen LogP contribution in [0.4, 0.5) is 0 Å². The van der Waals surface area contributed by atoms with E-state index in [1.54, 1.807) is 18.2 Å². The molecule has 1 unspecified atom stereocenters. The Hall–Kier alpha value is -1.81. The molecular formula is C16H20ClNO3. The number of carboxylic acids is 1. The second-order valence-corrected chi connectivity index (χ2v) is 5.29. The van der Waals surface area contributed by atoms with Crippen LogP contribution in [0, 0.1) is 0 Å². The highest BCUT2D eigenvalue weighted by molar-refractivity contribution is 6.30. The third kappa shape index (κ3) is 5.60. The van der Waals surface area contributed by atoms with Gasteiger partial charge in [0.15, 0.2) is 0 Å². The molecule has 0 aliphatic carbocycles. The van der Waals surface area contributed by atoms with Crippen molar-refractivity contribution < 1.29 is 14.7 Å². The predicted octanol–water partition coefficient (Wildman–Crippen LogP) is 3.15. The number of nitrogens with zero attached hydrogens (tertiary/aromatic N) is 1. The number of carbonyl (C=O) groups is 2. The third-order valence-electron chi connectivity index (χ3n) is 3.33. The minimum atomic E-state index is -0.988. The molecular weight excluding hydrogens is 290 g/mol. The summed E-state index contributed by atoms with van der Waals surface area (Å²) in [7, 11) is 1.53. The van der Waals surface area contributed by atoms with Crippen LogP contribution in [-0.4, -0.2) is 35.0 Å². The van der Waals surface area contributed by atoms with Gasteiger partial charge in [0.25, 0.3) is 0 Å². The van der Waals surface area contributed by atoms with Gasteiger partial charge >= 0.3 is 5.97 Å². The molecule has 1 aromatic rings. The second-order valence-electron chi connectivity index (χ2n) is 4.85. The first-order valence-corrected chi connectivity index (χ1v) is 7.17. The number of amides is 1. The SMILES string of the molecule is C=CCCC(=O)N(C)C(CCc1ccc(Cl)cc1)C(=O)O. The molecule has 0 radical (unpaired) electrons. The Morgan fingerprint density at radius 1 is 1.38 bits per heavy atom. The predicted molar refractivity (Wildman–Crippen MR) is 83.4 cm³/mol. The van der Waals surface area contributed by atoms with Crippen molar-refractivity contribution in [2.24, 2.45) is 0 Å². The zero-order valence-corrected chi connectivity index (χ0v) is 12.8. The number of likely N-dealkylation sites (N-methyl/N-ethyl adjacent to an activating group) is 1. The topological polar surface area (TPSA) is 57.6 Å². The summed E-state index contributed by atoms with van der Waals surface area (Å²) >= 11 is 5.81. The van der Waals surface area contributed by atoms with Crippen molar-refractivity contribution >= 4 is 23.5 Å². The first-order chi connectivity index (χ1) is 9.95. The fourth-order valence-corrected chi connectivity index (χ4v) is 2.14. The summed E-state index contributed by atoms with van der Waals surface area (Å²) in [6.07, 6.45) is 3.42. The van der Waals surface area contributed by atoms with Crippen LogP contribution in [0.2, 0.25) is 5.02 Å². The van der Waals surface area contributed by atoms with E-state index in [1.165, 1.54) is 11.9 Å². The molecule has 0 aliphatic heterocycles. The molecule has 1 aromatic carbocycles. The van der Waals surface area contributed by atoms with Crippen LogP contribution in [0.1, 0.15) is 24.8 Å². The van der Waals surface area contributed by atoms with Crippen molar-refractivity contribution in [2.45, 2.75) is 31.7 Å². The Bertz CT molecular complexity index is 499. The number of aryl methyl sites for hydroxylation is 1. The van der Waals surface area contributed by atoms with Crippen molar-refractivity contribution in [1.29, 1.82) is 0 Å². The second kappa shape index (κ2) is 8.47. The van der Waals surface area contributed by atoms with Crippen LogP contribution in [-0.2, 0) is 16.0 Å². The average molecular weight is 310 g/mol. The molecule has 0 bridgehead atoms. The Labute approximate surface area is 130 Å². The lowest BCUT2D eigenvalue weighted by Gasteiger charge is -2.25. The van der Waals surface area contributed by atoms with Gasteiger partial charge < -0.3 is 10.0 Å².